The minimum atomic E-state index is -0.252. The maximum atomic E-state index is 13.0. The molecular weight excluding hydrogens is 390 g/mol. The molecular formula is C24H27N5O2. The van der Waals surface area contributed by atoms with Crippen LogP contribution in [0.4, 0.5) is 4.79 Å². The molecule has 1 aliphatic heterocycles. The van der Waals surface area contributed by atoms with Crippen LogP contribution in [0.5, 0.6) is 0 Å². The summed E-state index contributed by atoms with van der Waals surface area (Å²) < 4.78 is 5.62. The van der Waals surface area contributed by atoms with E-state index in [1.807, 2.05) is 47.4 Å². The quantitative estimate of drug-likeness (QED) is 0.651. The molecule has 1 unspecified atom stereocenters. The second kappa shape index (κ2) is 8.49. The number of likely N-dealkylation sites (tertiary alicyclic amines) is 1. The predicted octanol–water partition coefficient (Wildman–Crippen LogP) is 4.18. The number of hydrogen-bond acceptors (Lipinski definition) is 5. The van der Waals surface area contributed by atoms with E-state index >= 15 is 0 Å². The first kappa shape index (κ1) is 19.7. The number of nitrogens with one attached hydrogen (secondary N) is 1. The van der Waals surface area contributed by atoms with Gasteiger partial charge in [0, 0.05) is 37.6 Å². The number of carbonyl (C=O) groups is 1. The number of rotatable bonds is 6. The van der Waals surface area contributed by atoms with Gasteiger partial charge in [0.2, 0.25) is 0 Å². The molecule has 1 saturated carbocycles. The van der Waals surface area contributed by atoms with Gasteiger partial charge in [-0.25, -0.2) is 4.79 Å². The maximum absolute atomic E-state index is 13.0. The molecule has 2 fully saturated rings. The summed E-state index contributed by atoms with van der Waals surface area (Å²) >= 11 is 0. The third kappa shape index (κ3) is 4.45. The summed E-state index contributed by atoms with van der Waals surface area (Å²) in [6, 6.07) is 13.7. The summed E-state index contributed by atoms with van der Waals surface area (Å²) in [5.41, 5.74) is 1.71. The summed E-state index contributed by atoms with van der Waals surface area (Å²) in [4.78, 5) is 23.7. The predicted molar refractivity (Wildman–Crippen MR) is 116 cm³/mol. The zero-order valence-electron chi connectivity index (χ0n) is 17.5. The first-order chi connectivity index (χ1) is 15.2. The van der Waals surface area contributed by atoms with Gasteiger partial charge in [-0.05, 0) is 42.9 Å². The van der Waals surface area contributed by atoms with Crippen LogP contribution in [-0.2, 0) is 12.0 Å². The Kier molecular flexibility index (Phi) is 5.40. The molecule has 0 bridgehead atoms. The van der Waals surface area contributed by atoms with Gasteiger partial charge in [-0.15, -0.1) is 0 Å². The van der Waals surface area contributed by atoms with E-state index < -0.39 is 0 Å². The molecule has 0 radical (unpaired) electrons. The summed E-state index contributed by atoms with van der Waals surface area (Å²) in [5.74, 6) is 1.93. The van der Waals surface area contributed by atoms with E-state index in [9.17, 15) is 4.79 Å². The highest BCUT2D eigenvalue weighted by Gasteiger charge is 2.45. The van der Waals surface area contributed by atoms with Crippen molar-refractivity contribution in [1.82, 2.24) is 25.3 Å². The van der Waals surface area contributed by atoms with Gasteiger partial charge in [0.15, 0.2) is 5.82 Å². The standard InChI is InChI=1S/C24H27N5O2/c30-23(26-16-19-5-2-1-3-6-19)29-14-4-11-24(17-29,15-18-7-8-18)22-27-21(31-28-22)20-9-12-25-13-10-20/h1-3,5-6,9-10,12-13,18H,4,7-8,11,14-17H2,(H,26,30). The number of urea groups is 1. The van der Waals surface area contributed by atoms with Gasteiger partial charge in [0.25, 0.3) is 5.89 Å². The zero-order valence-corrected chi connectivity index (χ0v) is 17.5. The van der Waals surface area contributed by atoms with Crippen molar-refractivity contribution in [3.8, 4) is 11.5 Å². The molecule has 3 heterocycles. The summed E-state index contributed by atoms with van der Waals surface area (Å²) in [6.07, 6.45) is 8.85. The molecule has 1 N–H and O–H groups in total. The smallest absolute Gasteiger partial charge is 0.317 e. The second-order valence-corrected chi connectivity index (χ2v) is 8.76. The number of piperidine rings is 1. The van der Waals surface area contributed by atoms with Crippen molar-refractivity contribution in [2.45, 2.75) is 44.1 Å². The van der Waals surface area contributed by atoms with E-state index in [2.05, 4.69) is 15.5 Å². The molecule has 160 valence electrons. The third-order valence-corrected chi connectivity index (χ3v) is 6.35. The summed E-state index contributed by atoms with van der Waals surface area (Å²) in [7, 11) is 0. The molecule has 3 aromatic rings. The van der Waals surface area contributed by atoms with E-state index in [1.54, 1.807) is 12.4 Å². The fraction of sp³-hybridized carbons (Fsp3) is 0.417. The number of nitrogens with zero attached hydrogens (tertiary/aromatic N) is 4. The summed E-state index contributed by atoms with van der Waals surface area (Å²) in [6.45, 7) is 1.90. The van der Waals surface area contributed by atoms with Crippen LogP contribution in [0.25, 0.3) is 11.5 Å². The fourth-order valence-electron chi connectivity index (χ4n) is 4.56. The minimum Gasteiger partial charge on any atom is -0.334 e. The van der Waals surface area contributed by atoms with E-state index in [0.29, 0.717) is 24.9 Å². The topological polar surface area (TPSA) is 84.2 Å². The number of pyridine rings is 1. The van der Waals surface area contributed by atoms with Crippen LogP contribution in [0.1, 0.15) is 43.5 Å². The highest BCUT2D eigenvalue weighted by Crippen LogP contribution is 2.45. The normalized spacial score (nSPS) is 21.1. The van der Waals surface area contributed by atoms with Crippen molar-refractivity contribution in [3.63, 3.8) is 0 Å². The van der Waals surface area contributed by atoms with Crippen LogP contribution >= 0.6 is 0 Å². The minimum absolute atomic E-state index is 0.0263. The Bertz CT molecular complexity index is 1020. The van der Waals surface area contributed by atoms with Crippen molar-refractivity contribution < 1.29 is 9.32 Å². The molecule has 7 nitrogen and oxygen atoms in total. The van der Waals surface area contributed by atoms with Crippen molar-refractivity contribution in [3.05, 3.63) is 66.2 Å². The Hall–Kier alpha value is -3.22. The Morgan fingerprint density at radius 2 is 1.97 bits per heavy atom. The highest BCUT2D eigenvalue weighted by molar-refractivity contribution is 5.74. The Labute approximate surface area is 181 Å². The first-order valence-electron chi connectivity index (χ1n) is 11.0. The van der Waals surface area contributed by atoms with E-state index in [0.717, 1.165) is 42.8 Å². The lowest BCUT2D eigenvalue weighted by Gasteiger charge is -2.41. The molecule has 1 aliphatic carbocycles. The van der Waals surface area contributed by atoms with Crippen molar-refractivity contribution in [2.75, 3.05) is 13.1 Å². The van der Waals surface area contributed by atoms with Gasteiger partial charge in [-0.2, -0.15) is 4.98 Å². The monoisotopic (exact) mass is 417 g/mol. The molecule has 2 aromatic heterocycles. The van der Waals surface area contributed by atoms with Crippen LogP contribution in [0.15, 0.2) is 59.4 Å². The van der Waals surface area contributed by atoms with Crippen molar-refractivity contribution in [2.24, 2.45) is 5.92 Å². The van der Waals surface area contributed by atoms with Gasteiger partial charge in [-0.3, -0.25) is 4.98 Å². The van der Waals surface area contributed by atoms with E-state index in [1.165, 1.54) is 12.8 Å². The van der Waals surface area contributed by atoms with Gasteiger partial charge in [0.1, 0.15) is 0 Å². The average Bonchev–Trinajstić information content (AvgIpc) is 3.48. The van der Waals surface area contributed by atoms with Crippen LogP contribution < -0.4 is 5.32 Å². The molecule has 2 amide bonds. The van der Waals surface area contributed by atoms with Crippen LogP contribution in [0.2, 0.25) is 0 Å². The Morgan fingerprint density at radius 3 is 2.74 bits per heavy atom. The lowest BCUT2D eigenvalue weighted by molar-refractivity contribution is 0.134. The number of carbonyl (C=O) groups excluding carboxylic acids is 1. The van der Waals surface area contributed by atoms with Gasteiger partial charge in [0.05, 0.1) is 5.41 Å². The molecule has 1 saturated heterocycles. The van der Waals surface area contributed by atoms with E-state index in [-0.39, 0.29) is 11.4 Å². The maximum Gasteiger partial charge on any atom is 0.317 e. The molecule has 1 atom stereocenters. The molecule has 7 heteroatoms. The molecule has 2 aliphatic rings. The molecule has 5 rings (SSSR count). The molecule has 0 spiro atoms. The van der Waals surface area contributed by atoms with Crippen molar-refractivity contribution >= 4 is 6.03 Å². The zero-order chi connectivity index (χ0) is 21.1. The second-order valence-electron chi connectivity index (χ2n) is 8.76. The Morgan fingerprint density at radius 1 is 1.16 bits per heavy atom. The van der Waals surface area contributed by atoms with Crippen LogP contribution in [0.3, 0.4) is 0 Å². The Balaban J connectivity index is 1.34. The first-order valence-corrected chi connectivity index (χ1v) is 11.0. The van der Waals surface area contributed by atoms with Crippen LogP contribution in [-0.4, -0.2) is 39.1 Å². The lowest BCUT2D eigenvalue weighted by Crippen LogP contribution is -2.52. The van der Waals surface area contributed by atoms with E-state index in [4.69, 9.17) is 9.51 Å². The van der Waals surface area contributed by atoms with Gasteiger partial charge < -0.3 is 14.7 Å². The number of aromatic nitrogens is 3. The molecule has 31 heavy (non-hydrogen) atoms. The van der Waals surface area contributed by atoms with Crippen LogP contribution in [0, 0.1) is 5.92 Å². The van der Waals surface area contributed by atoms with Crippen molar-refractivity contribution in [1.29, 1.82) is 0 Å². The fourth-order valence-corrected chi connectivity index (χ4v) is 4.56. The largest absolute Gasteiger partial charge is 0.334 e. The number of amides is 2. The molecule has 1 aromatic carbocycles. The number of hydrogen-bond donors (Lipinski definition) is 1. The number of benzene rings is 1. The lowest BCUT2D eigenvalue weighted by atomic mass is 9.75. The highest BCUT2D eigenvalue weighted by atomic mass is 16.5. The summed E-state index contributed by atoms with van der Waals surface area (Å²) in [5, 5.41) is 7.47. The average molecular weight is 418 g/mol. The van der Waals surface area contributed by atoms with Gasteiger partial charge >= 0.3 is 6.03 Å². The SMILES string of the molecule is O=C(NCc1ccccc1)N1CCCC(CC2CC2)(c2noc(-c3ccncc3)n2)C1. The third-order valence-electron chi connectivity index (χ3n) is 6.35. The van der Waals surface area contributed by atoms with Gasteiger partial charge in [-0.1, -0.05) is 48.3 Å².